The van der Waals surface area contributed by atoms with E-state index in [-0.39, 0.29) is 12.2 Å². The van der Waals surface area contributed by atoms with Gasteiger partial charge in [0.15, 0.2) is 0 Å². The summed E-state index contributed by atoms with van der Waals surface area (Å²) in [5, 5.41) is 0. The number of unbranched alkanes of at least 4 members (excludes halogenated alkanes) is 5. The van der Waals surface area contributed by atoms with E-state index >= 15 is 0 Å². The third-order valence-electron chi connectivity index (χ3n) is 4.17. The van der Waals surface area contributed by atoms with Crippen LogP contribution >= 0.6 is 0 Å². The van der Waals surface area contributed by atoms with Crippen LogP contribution in [0.4, 0.5) is 13.2 Å². The maximum Gasteiger partial charge on any atom is 0.389 e. The van der Waals surface area contributed by atoms with E-state index in [0.717, 1.165) is 30.7 Å². The Labute approximate surface area is 174 Å². The van der Waals surface area contributed by atoms with Gasteiger partial charge in [0.1, 0.15) is 0 Å². The molecular weight excluding hydrogens is 403 g/mol. The molecule has 0 saturated heterocycles. The first-order valence-corrected chi connectivity index (χ1v) is 11.3. The van der Waals surface area contributed by atoms with Gasteiger partial charge >= 0.3 is 6.18 Å². The number of alkyl halides is 3. The van der Waals surface area contributed by atoms with E-state index in [1.54, 1.807) is 0 Å². The standard InChI is InChI=1S/C12H20N.C9H17F3O3S/c1-5-9-13(10-6-2,11-7-3)12-8-4;10-9(11,12)7-5-3-1-2-4-6-8-16(13,14)15/h5-8H,1-4,9-12H2;1-8H2,(H,13,14,15)/q+1;/p-1. The molecule has 4 nitrogen and oxygen atoms in total. The van der Waals surface area contributed by atoms with Crippen LogP contribution < -0.4 is 0 Å². The molecule has 0 rings (SSSR count). The van der Waals surface area contributed by atoms with Gasteiger partial charge in [-0.05, 0) is 37.1 Å². The molecule has 0 radical (unpaired) electrons. The second kappa shape index (κ2) is 16.4. The molecule has 0 aromatic heterocycles. The molecule has 8 heteroatoms. The molecule has 170 valence electrons. The molecular formula is C21H36F3NO3S. The van der Waals surface area contributed by atoms with Gasteiger partial charge in [-0.2, -0.15) is 13.2 Å². The fourth-order valence-corrected chi connectivity index (χ4v) is 3.41. The first-order chi connectivity index (χ1) is 13.4. The summed E-state index contributed by atoms with van der Waals surface area (Å²) in [5.41, 5.74) is 0. The van der Waals surface area contributed by atoms with E-state index < -0.39 is 22.7 Å². The van der Waals surface area contributed by atoms with Gasteiger partial charge in [0.2, 0.25) is 0 Å². The molecule has 0 amide bonds. The van der Waals surface area contributed by atoms with Crippen LogP contribution in [0.2, 0.25) is 0 Å². The average Bonchev–Trinajstić information content (AvgIpc) is 2.57. The number of hydrogen-bond acceptors (Lipinski definition) is 3. The summed E-state index contributed by atoms with van der Waals surface area (Å²) in [4.78, 5) is 0. The van der Waals surface area contributed by atoms with E-state index in [9.17, 15) is 26.1 Å². The van der Waals surface area contributed by atoms with Gasteiger partial charge < -0.3 is 9.04 Å². The lowest BCUT2D eigenvalue weighted by Gasteiger charge is -2.35. The second-order valence-corrected chi connectivity index (χ2v) is 8.50. The van der Waals surface area contributed by atoms with E-state index in [4.69, 9.17) is 0 Å². The molecule has 0 aromatic carbocycles. The molecule has 0 saturated carbocycles. The Morgan fingerprint density at radius 1 is 0.724 bits per heavy atom. The molecule has 0 heterocycles. The molecule has 0 aliphatic carbocycles. The van der Waals surface area contributed by atoms with Gasteiger partial charge in [0.25, 0.3) is 0 Å². The number of nitrogens with zero attached hydrogens (tertiary/aromatic N) is 1. The summed E-state index contributed by atoms with van der Waals surface area (Å²) >= 11 is 0. The van der Waals surface area contributed by atoms with Crippen molar-refractivity contribution in [3.05, 3.63) is 50.6 Å². The SMILES string of the molecule is C=CC[N+](CC=C)(CC=C)CC=C.O=S(=O)([O-])CCCCCCCCC(F)(F)F. The minimum absolute atomic E-state index is 0.114. The van der Waals surface area contributed by atoms with Crippen molar-refractivity contribution in [1.29, 1.82) is 0 Å². The Morgan fingerprint density at radius 3 is 1.38 bits per heavy atom. The zero-order chi connectivity index (χ0) is 22.8. The van der Waals surface area contributed by atoms with Crippen molar-refractivity contribution < 1.29 is 30.6 Å². The predicted octanol–water partition coefficient (Wildman–Crippen LogP) is 5.37. The summed E-state index contributed by atoms with van der Waals surface area (Å²) in [7, 11) is -4.14. The maximum atomic E-state index is 11.7. The first-order valence-electron chi connectivity index (χ1n) is 9.74. The molecule has 0 spiro atoms. The van der Waals surface area contributed by atoms with Crippen LogP contribution in [0.1, 0.15) is 44.9 Å². The highest BCUT2D eigenvalue weighted by molar-refractivity contribution is 7.85. The summed E-state index contributed by atoms with van der Waals surface area (Å²) in [6.45, 7) is 18.8. The largest absolute Gasteiger partial charge is 0.748 e. The Bertz CT molecular complexity index is 527. The van der Waals surface area contributed by atoms with Crippen LogP contribution in [0, 0.1) is 0 Å². The maximum absolute atomic E-state index is 11.7. The molecule has 0 aliphatic rings. The highest BCUT2D eigenvalue weighted by atomic mass is 32.2. The lowest BCUT2D eigenvalue weighted by atomic mass is 10.1. The van der Waals surface area contributed by atoms with Gasteiger partial charge in [-0.3, -0.25) is 0 Å². The average molecular weight is 440 g/mol. The van der Waals surface area contributed by atoms with E-state index in [2.05, 4.69) is 26.3 Å². The number of halogens is 3. The van der Waals surface area contributed by atoms with E-state index in [1.807, 2.05) is 24.3 Å². The predicted molar refractivity (Wildman–Crippen MR) is 113 cm³/mol. The minimum Gasteiger partial charge on any atom is -0.748 e. The van der Waals surface area contributed by atoms with Crippen molar-refractivity contribution in [3.8, 4) is 0 Å². The molecule has 0 atom stereocenters. The monoisotopic (exact) mass is 439 g/mol. The van der Waals surface area contributed by atoms with Crippen LogP contribution in [0.3, 0.4) is 0 Å². The molecule has 0 aromatic rings. The molecule has 29 heavy (non-hydrogen) atoms. The van der Waals surface area contributed by atoms with Crippen molar-refractivity contribution in [3.63, 3.8) is 0 Å². The second-order valence-electron chi connectivity index (χ2n) is 6.97. The van der Waals surface area contributed by atoms with Crippen LogP contribution in [-0.4, -0.2) is 55.6 Å². The van der Waals surface area contributed by atoms with E-state index in [0.29, 0.717) is 32.1 Å². The van der Waals surface area contributed by atoms with Gasteiger partial charge in [-0.25, -0.2) is 8.42 Å². The minimum atomic E-state index is -4.14. The van der Waals surface area contributed by atoms with Crippen LogP contribution in [0.25, 0.3) is 0 Å². The van der Waals surface area contributed by atoms with Crippen LogP contribution in [0.15, 0.2) is 50.6 Å². The fourth-order valence-electron chi connectivity index (χ4n) is 2.85. The number of quaternary nitrogens is 1. The Hall–Kier alpha value is -1.38. The van der Waals surface area contributed by atoms with Gasteiger partial charge in [-0.15, -0.1) is 0 Å². The highest BCUT2D eigenvalue weighted by Crippen LogP contribution is 2.23. The lowest BCUT2D eigenvalue weighted by molar-refractivity contribution is -0.906. The van der Waals surface area contributed by atoms with Crippen molar-refractivity contribution in [2.75, 3.05) is 31.9 Å². The number of hydrogen-bond donors (Lipinski definition) is 0. The number of rotatable bonds is 16. The van der Waals surface area contributed by atoms with Crippen molar-refractivity contribution in [2.24, 2.45) is 0 Å². The topological polar surface area (TPSA) is 57.2 Å². The zero-order valence-corrected chi connectivity index (χ0v) is 18.2. The first kappa shape index (κ1) is 29.8. The highest BCUT2D eigenvalue weighted by Gasteiger charge is 2.25. The zero-order valence-electron chi connectivity index (χ0n) is 17.3. The molecule has 0 bridgehead atoms. The molecule has 0 unspecified atom stereocenters. The van der Waals surface area contributed by atoms with Gasteiger partial charge in [-0.1, -0.05) is 52.0 Å². The summed E-state index contributed by atoms with van der Waals surface area (Å²) in [6.07, 6.45) is 5.71. The van der Waals surface area contributed by atoms with Crippen molar-refractivity contribution in [2.45, 2.75) is 51.1 Å². The molecule has 0 aliphatic heterocycles. The molecule has 0 N–H and O–H groups in total. The van der Waals surface area contributed by atoms with Crippen molar-refractivity contribution >= 4 is 10.1 Å². The Kier molecular flexibility index (Phi) is 16.9. The van der Waals surface area contributed by atoms with Crippen molar-refractivity contribution in [1.82, 2.24) is 0 Å². The smallest absolute Gasteiger partial charge is 0.389 e. The fraction of sp³-hybridized carbons (Fsp3) is 0.619. The third kappa shape index (κ3) is 21.2. The Morgan fingerprint density at radius 2 is 1.07 bits per heavy atom. The quantitative estimate of drug-likeness (QED) is 0.141. The lowest BCUT2D eigenvalue weighted by Crippen LogP contribution is -2.48. The van der Waals surface area contributed by atoms with Gasteiger partial charge in [0, 0.05) is 12.2 Å². The van der Waals surface area contributed by atoms with Gasteiger partial charge in [0.05, 0.1) is 36.3 Å². The summed E-state index contributed by atoms with van der Waals surface area (Å²) in [5.74, 6) is -0.379. The summed E-state index contributed by atoms with van der Waals surface area (Å²) < 4.78 is 66.6. The van der Waals surface area contributed by atoms with Crippen LogP contribution in [-0.2, 0) is 10.1 Å². The third-order valence-corrected chi connectivity index (χ3v) is 4.96. The normalized spacial score (nSPS) is 11.9. The Balaban J connectivity index is 0. The van der Waals surface area contributed by atoms with E-state index in [1.165, 1.54) is 0 Å². The summed E-state index contributed by atoms with van der Waals surface area (Å²) in [6, 6.07) is 0. The van der Waals surface area contributed by atoms with Crippen LogP contribution in [0.5, 0.6) is 0 Å². The molecule has 0 fully saturated rings.